The number of piperidine rings is 1. The van der Waals surface area contributed by atoms with E-state index in [0.29, 0.717) is 25.2 Å². The Morgan fingerprint density at radius 1 is 1.03 bits per heavy atom. The van der Waals surface area contributed by atoms with E-state index in [4.69, 9.17) is 0 Å². The first-order valence-corrected chi connectivity index (χ1v) is 11.3. The number of aliphatic hydroxyl groups is 1. The number of fused-ring (bicyclic) bond motifs is 1. The van der Waals surface area contributed by atoms with Crippen LogP contribution in [-0.2, 0) is 16.4 Å². The second-order valence-electron chi connectivity index (χ2n) is 7.54. The number of urea groups is 1. The smallest absolute Gasteiger partial charge is 0.319 e. The minimum Gasteiger partial charge on any atom is -0.390 e. The molecule has 154 valence electrons. The minimum absolute atomic E-state index is 0.170. The predicted octanol–water partition coefficient (Wildman–Crippen LogP) is 2.64. The number of carbonyl (C=O) groups is 1. The average molecular weight is 416 g/mol. The maximum atomic E-state index is 12.8. The minimum atomic E-state index is -3.57. The van der Waals surface area contributed by atoms with Gasteiger partial charge in [0.15, 0.2) is 0 Å². The molecule has 2 aliphatic rings. The number of amides is 2. The van der Waals surface area contributed by atoms with Gasteiger partial charge >= 0.3 is 6.03 Å². The third-order valence-corrected chi connectivity index (χ3v) is 7.43. The highest BCUT2D eigenvalue weighted by atomic mass is 32.2. The molecule has 2 atom stereocenters. The lowest BCUT2D eigenvalue weighted by Crippen LogP contribution is -2.37. The van der Waals surface area contributed by atoms with Gasteiger partial charge in [0.1, 0.15) is 0 Å². The SMILES string of the molecule is O=C(Nc1cccc(S(=O)(=O)N2CCCCC2)c1)N[C@@H]1c2ccccc2C[C@@H]1O. The first-order chi connectivity index (χ1) is 13.9. The molecule has 1 aliphatic heterocycles. The van der Waals surface area contributed by atoms with Crippen molar-refractivity contribution in [2.75, 3.05) is 18.4 Å². The molecular weight excluding hydrogens is 390 g/mol. The Labute approximate surface area is 170 Å². The monoisotopic (exact) mass is 415 g/mol. The van der Waals surface area contributed by atoms with Gasteiger partial charge in [0.25, 0.3) is 0 Å². The van der Waals surface area contributed by atoms with E-state index >= 15 is 0 Å². The molecule has 0 unspecified atom stereocenters. The molecule has 3 N–H and O–H groups in total. The number of carbonyl (C=O) groups excluding carboxylic acids is 1. The molecule has 1 saturated heterocycles. The van der Waals surface area contributed by atoms with E-state index in [1.165, 1.54) is 10.4 Å². The molecule has 0 spiro atoms. The van der Waals surface area contributed by atoms with Crippen molar-refractivity contribution in [2.24, 2.45) is 0 Å². The Morgan fingerprint density at radius 2 is 1.79 bits per heavy atom. The summed E-state index contributed by atoms with van der Waals surface area (Å²) >= 11 is 0. The van der Waals surface area contributed by atoms with Gasteiger partial charge in [-0.1, -0.05) is 36.8 Å². The summed E-state index contributed by atoms with van der Waals surface area (Å²) in [5, 5.41) is 15.8. The van der Waals surface area contributed by atoms with Gasteiger partial charge in [-0.05, 0) is 42.2 Å². The fourth-order valence-corrected chi connectivity index (χ4v) is 5.61. The van der Waals surface area contributed by atoms with Crippen LogP contribution in [-0.4, -0.2) is 43.1 Å². The molecule has 2 aromatic rings. The van der Waals surface area contributed by atoms with E-state index in [2.05, 4.69) is 10.6 Å². The quantitative estimate of drug-likeness (QED) is 0.715. The predicted molar refractivity (Wildman–Crippen MR) is 110 cm³/mol. The van der Waals surface area contributed by atoms with Crippen molar-refractivity contribution in [1.29, 1.82) is 0 Å². The third kappa shape index (κ3) is 4.14. The van der Waals surface area contributed by atoms with Gasteiger partial charge in [-0.3, -0.25) is 0 Å². The molecule has 1 fully saturated rings. The largest absolute Gasteiger partial charge is 0.390 e. The molecule has 0 aromatic heterocycles. The van der Waals surface area contributed by atoms with Crippen molar-refractivity contribution in [3.63, 3.8) is 0 Å². The van der Waals surface area contributed by atoms with Gasteiger partial charge in [-0.2, -0.15) is 4.31 Å². The van der Waals surface area contributed by atoms with E-state index in [0.717, 1.165) is 30.4 Å². The van der Waals surface area contributed by atoms with Crippen molar-refractivity contribution in [3.8, 4) is 0 Å². The van der Waals surface area contributed by atoms with Crippen molar-refractivity contribution in [1.82, 2.24) is 9.62 Å². The van der Waals surface area contributed by atoms with Gasteiger partial charge in [0, 0.05) is 25.2 Å². The lowest BCUT2D eigenvalue weighted by Gasteiger charge is -2.26. The van der Waals surface area contributed by atoms with Gasteiger partial charge in [0.2, 0.25) is 10.0 Å². The standard InChI is InChI=1S/C21H25N3O4S/c25-19-13-15-7-2-3-10-18(15)20(19)23-21(26)22-16-8-6-9-17(14-16)29(27,28)24-11-4-1-5-12-24/h2-3,6-10,14,19-20,25H,1,4-5,11-13H2,(H2,22,23,26)/t19-,20+/m0/s1. The summed E-state index contributed by atoms with van der Waals surface area (Å²) in [5.74, 6) is 0. The van der Waals surface area contributed by atoms with Crippen LogP contribution in [0.25, 0.3) is 0 Å². The van der Waals surface area contributed by atoms with Crippen LogP contribution in [0.4, 0.5) is 10.5 Å². The van der Waals surface area contributed by atoms with Gasteiger partial charge in [0.05, 0.1) is 17.0 Å². The number of hydrogen-bond acceptors (Lipinski definition) is 4. The highest BCUT2D eigenvalue weighted by Crippen LogP contribution is 2.31. The van der Waals surface area contributed by atoms with Crippen LogP contribution < -0.4 is 10.6 Å². The van der Waals surface area contributed by atoms with Crippen LogP contribution in [0.2, 0.25) is 0 Å². The fourth-order valence-electron chi connectivity index (χ4n) is 4.04. The lowest BCUT2D eigenvalue weighted by atomic mass is 10.1. The summed E-state index contributed by atoms with van der Waals surface area (Å²) in [7, 11) is -3.57. The highest BCUT2D eigenvalue weighted by Gasteiger charge is 2.32. The Balaban J connectivity index is 1.46. The van der Waals surface area contributed by atoms with Crippen molar-refractivity contribution in [2.45, 2.75) is 42.7 Å². The summed E-state index contributed by atoms with van der Waals surface area (Å²) in [5.41, 5.74) is 2.30. The van der Waals surface area contributed by atoms with Crippen molar-refractivity contribution < 1.29 is 18.3 Å². The number of nitrogens with one attached hydrogen (secondary N) is 2. The van der Waals surface area contributed by atoms with Crippen LogP contribution in [0, 0.1) is 0 Å². The molecule has 29 heavy (non-hydrogen) atoms. The molecule has 7 nitrogen and oxygen atoms in total. The Bertz CT molecular complexity index is 1000. The third-order valence-electron chi connectivity index (χ3n) is 5.54. The summed E-state index contributed by atoms with van der Waals surface area (Å²) in [6, 6.07) is 12.9. The normalized spacial score (nSPS) is 22.1. The Hall–Kier alpha value is -2.42. The van der Waals surface area contributed by atoms with E-state index in [1.54, 1.807) is 18.2 Å². The Kier molecular flexibility index (Phi) is 5.58. The second-order valence-corrected chi connectivity index (χ2v) is 9.48. The maximum Gasteiger partial charge on any atom is 0.319 e. The molecule has 0 radical (unpaired) electrons. The Morgan fingerprint density at radius 3 is 2.59 bits per heavy atom. The average Bonchev–Trinajstić information content (AvgIpc) is 3.04. The van der Waals surface area contributed by atoms with Crippen LogP contribution in [0.15, 0.2) is 53.4 Å². The highest BCUT2D eigenvalue weighted by molar-refractivity contribution is 7.89. The first-order valence-electron chi connectivity index (χ1n) is 9.89. The summed E-state index contributed by atoms with van der Waals surface area (Å²) < 4.78 is 27.2. The number of hydrogen-bond donors (Lipinski definition) is 3. The first kappa shape index (κ1) is 19.9. The molecule has 2 aromatic carbocycles. The fraction of sp³-hybridized carbons (Fsp3) is 0.381. The van der Waals surface area contributed by atoms with Gasteiger partial charge < -0.3 is 15.7 Å². The molecule has 1 aliphatic carbocycles. The van der Waals surface area contributed by atoms with E-state index in [-0.39, 0.29) is 4.90 Å². The van der Waals surface area contributed by atoms with Crippen LogP contribution in [0.5, 0.6) is 0 Å². The van der Waals surface area contributed by atoms with Crippen LogP contribution in [0.1, 0.15) is 36.4 Å². The molecule has 4 rings (SSSR count). The second kappa shape index (κ2) is 8.14. The zero-order chi connectivity index (χ0) is 20.4. The van der Waals surface area contributed by atoms with Crippen LogP contribution >= 0.6 is 0 Å². The summed E-state index contributed by atoms with van der Waals surface area (Å²) in [6.45, 7) is 1.05. The molecule has 1 heterocycles. The summed E-state index contributed by atoms with van der Waals surface area (Å²) in [6.07, 6.45) is 2.58. The number of sulfonamides is 1. The van der Waals surface area contributed by atoms with Crippen molar-refractivity contribution >= 4 is 21.7 Å². The number of rotatable bonds is 4. The van der Waals surface area contributed by atoms with E-state index in [9.17, 15) is 18.3 Å². The molecule has 8 heteroatoms. The molecule has 0 saturated carbocycles. The lowest BCUT2D eigenvalue weighted by molar-refractivity contribution is 0.144. The van der Waals surface area contributed by atoms with Crippen molar-refractivity contribution in [3.05, 3.63) is 59.7 Å². The van der Waals surface area contributed by atoms with Gasteiger partial charge in [-0.15, -0.1) is 0 Å². The van der Waals surface area contributed by atoms with Crippen LogP contribution in [0.3, 0.4) is 0 Å². The van der Waals surface area contributed by atoms with E-state index in [1.807, 2.05) is 24.3 Å². The molecule has 0 bridgehead atoms. The number of aliphatic hydroxyl groups excluding tert-OH is 1. The topological polar surface area (TPSA) is 98.7 Å². The number of benzene rings is 2. The number of anilines is 1. The summed E-state index contributed by atoms with van der Waals surface area (Å²) in [4.78, 5) is 12.7. The maximum absolute atomic E-state index is 12.8. The molecule has 2 amide bonds. The number of nitrogens with zero attached hydrogens (tertiary/aromatic N) is 1. The van der Waals surface area contributed by atoms with E-state index < -0.39 is 28.2 Å². The molecular formula is C21H25N3O4S. The zero-order valence-electron chi connectivity index (χ0n) is 16.0. The van der Waals surface area contributed by atoms with Gasteiger partial charge in [-0.25, -0.2) is 13.2 Å². The zero-order valence-corrected chi connectivity index (χ0v) is 16.9.